The van der Waals surface area contributed by atoms with Crippen LogP contribution in [0.2, 0.25) is 0 Å². The molecular formula is C31H28F4NO6+. The van der Waals surface area contributed by atoms with Crippen LogP contribution in [0.5, 0.6) is 17.2 Å². The molecule has 7 nitrogen and oxygen atoms in total. The first-order valence-corrected chi connectivity index (χ1v) is 13.3. The van der Waals surface area contributed by atoms with Crippen LogP contribution in [0.1, 0.15) is 38.4 Å². The number of halogens is 4. The van der Waals surface area contributed by atoms with Gasteiger partial charge in [-0.1, -0.05) is 6.07 Å². The van der Waals surface area contributed by atoms with Crippen LogP contribution in [0.15, 0.2) is 57.7 Å². The molecule has 1 N–H and O–H groups in total. The van der Waals surface area contributed by atoms with Crippen molar-refractivity contribution in [2.75, 3.05) is 26.3 Å². The number of alkyl halides is 3. The maximum absolute atomic E-state index is 14.4. The zero-order valence-electron chi connectivity index (χ0n) is 23.1. The number of nitrogens with one attached hydrogen (secondary N) is 1. The van der Waals surface area contributed by atoms with E-state index in [9.17, 15) is 27.2 Å². The summed E-state index contributed by atoms with van der Waals surface area (Å²) in [6.45, 7) is 7.25. The second kappa shape index (κ2) is 11.6. The Morgan fingerprint density at radius 3 is 2.33 bits per heavy atom. The van der Waals surface area contributed by atoms with Crippen molar-refractivity contribution in [1.29, 1.82) is 0 Å². The molecule has 0 radical (unpaired) electrons. The van der Waals surface area contributed by atoms with Gasteiger partial charge in [0.2, 0.25) is 11.2 Å². The molecular weight excluding hydrogens is 558 g/mol. The molecule has 1 fully saturated rings. The summed E-state index contributed by atoms with van der Waals surface area (Å²) in [5, 5.41) is -0.163. The van der Waals surface area contributed by atoms with Gasteiger partial charge in [0, 0.05) is 0 Å². The number of benzene rings is 3. The van der Waals surface area contributed by atoms with Crippen LogP contribution in [-0.4, -0.2) is 32.3 Å². The van der Waals surface area contributed by atoms with Gasteiger partial charge >= 0.3 is 12.1 Å². The number of carbonyl (C=O) groups is 1. The minimum atomic E-state index is -5.08. The molecule has 220 valence electrons. The lowest BCUT2D eigenvalue weighted by Gasteiger charge is -2.25. The van der Waals surface area contributed by atoms with E-state index in [1.807, 2.05) is 6.07 Å². The average Bonchev–Trinajstić information content (AvgIpc) is 2.94. The van der Waals surface area contributed by atoms with E-state index >= 15 is 0 Å². The Bertz CT molecular complexity index is 1710. The molecule has 1 aliphatic heterocycles. The summed E-state index contributed by atoms with van der Waals surface area (Å²) >= 11 is 0. The van der Waals surface area contributed by atoms with Crippen molar-refractivity contribution in [3.63, 3.8) is 0 Å². The van der Waals surface area contributed by atoms with Crippen LogP contribution in [0, 0.1) is 26.6 Å². The summed E-state index contributed by atoms with van der Waals surface area (Å²) in [6, 6.07) is 10.6. The standard InChI is InChI=1S/C31H27F4NO6/c1-17-14-18(2)19(3)25(15-17)40-28-26(37)22-8-9-24(41-30(38)20-4-6-21(32)7-5-20)23(16-36-10-12-39-13-11-36)27(22)42-29(28)31(33,34)35/h4-9,14-15H,10-13,16H2,1-3H3/p+1. The van der Waals surface area contributed by atoms with Crippen LogP contribution in [0.4, 0.5) is 17.6 Å². The fourth-order valence-electron chi connectivity index (χ4n) is 4.87. The highest BCUT2D eigenvalue weighted by molar-refractivity contribution is 5.92. The van der Waals surface area contributed by atoms with Crippen molar-refractivity contribution >= 4 is 16.9 Å². The average molecular weight is 587 g/mol. The lowest BCUT2D eigenvalue weighted by Crippen LogP contribution is -3.12. The molecule has 42 heavy (non-hydrogen) atoms. The Hall–Kier alpha value is -4.22. The van der Waals surface area contributed by atoms with Gasteiger partial charge in [0.05, 0.1) is 29.7 Å². The normalized spacial score (nSPS) is 14.3. The van der Waals surface area contributed by atoms with E-state index in [-0.39, 0.29) is 40.1 Å². The molecule has 0 atom stereocenters. The molecule has 0 amide bonds. The van der Waals surface area contributed by atoms with E-state index in [0.29, 0.717) is 31.9 Å². The minimum absolute atomic E-state index is 0.0335. The van der Waals surface area contributed by atoms with Gasteiger partial charge in [0.15, 0.2) is 5.58 Å². The quantitative estimate of drug-likeness (QED) is 0.188. The van der Waals surface area contributed by atoms with Crippen LogP contribution >= 0.6 is 0 Å². The third-order valence-corrected chi connectivity index (χ3v) is 7.22. The molecule has 3 aromatic carbocycles. The van der Waals surface area contributed by atoms with E-state index in [0.717, 1.165) is 28.2 Å². The monoisotopic (exact) mass is 586 g/mol. The maximum atomic E-state index is 14.4. The molecule has 2 heterocycles. The van der Waals surface area contributed by atoms with Crippen molar-refractivity contribution in [2.45, 2.75) is 33.5 Å². The first kappa shape index (κ1) is 29.3. The van der Waals surface area contributed by atoms with Crippen LogP contribution < -0.4 is 19.8 Å². The number of aryl methyl sites for hydroxylation is 2. The summed E-state index contributed by atoms with van der Waals surface area (Å²) in [4.78, 5) is 27.5. The number of hydrogen-bond donors (Lipinski definition) is 1. The van der Waals surface area contributed by atoms with Gasteiger partial charge in [-0.15, -0.1) is 0 Å². The van der Waals surface area contributed by atoms with Gasteiger partial charge < -0.3 is 23.5 Å². The minimum Gasteiger partial charge on any atom is -0.449 e. The molecule has 0 spiro atoms. The van der Waals surface area contributed by atoms with Crippen molar-refractivity contribution < 1.29 is 45.9 Å². The van der Waals surface area contributed by atoms with Gasteiger partial charge in [-0.2, -0.15) is 13.2 Å². The number of carbonyl (C=O) groups excluding carboxylic acids is 1. The van der Waals surface area contributed by atoms with E-state index in [1.165, 1.54) is 24.3 Å². The molecule has 0 aliphatic carbocycles. The van der Waals surface area contributed by atoms with Crippen molar-refractivity contribution in [3.05, 3.63) is 98.1 Å². The van der Waals surface area contributed by atoms with Crippen LogP contribution in [0.3, 0.4) is 0 Å². The third kappa shape index (κ3) is 6.02. The van der Waals surface area contributed by atoms with Crippen molar-refractivity contribution in [2.24, 2.45) is 0 Å². The van der Waals surface area contributed by atoms with Gasteiger partial charge in [-0.05, 0) is 79.9 Å². The summed E-state index contributed by atoms with van der Waals surface area (Å²) in [5.41, 5.74) is 0.870. The van der Waals surface area contributed by atoms with Crippen LogP contribution in [0.25, 0.3) is 11.0 Å². The fourth-order valence-corrected chi connectivity index (χ4v) is 4.87. The predicted molar refractivity (Wildman–Crippen MR) is 145 cm³/mol. The number of hydrogen-bond acceptors (Lipinski definition) is 6. The van der Waals surface area contributed by atoms with E-state index in [1.54, 1.807) is 26.8 Å². The van der Waals surface area contributed by atoms with E-state index in [2.05, 4.69) is 0 Å². The predicted octanol–water partition coefficient (Wildman–Crippen LogP) is 5.30. The molecule has 1 saturated heterocycles. The highest BCUT2D eigenvalue weighted by atomic mass is 19.4. The summed E-state index contributed by atoms with van der Waals surface area (Å²) in [7, 11) is 0. The van der Waals surface area contributed by atoms with E-state index in [4.69, 9.17) is 18.6 Å². The Balaban J connectivity index is 1.68. The molecule has 5 rings (SSSR count). The zero-order valence-corrected chi connectivity index (χ0v) is 23.1. The Morgan fingerprint density at radius 2 is 1.67 bits per heavy atom. The molecule has 0 saturated carbocycles. The van der Waals surface area contributed by atoms with Crippen LogP contribution in [-0.2, 0) is 17.5 Å². The molecule has 1 aliphatic rings. The Morgan fingerprint density at radius 1 is 0.976 bits per heavy atom. The number of ether oxygens (including phenoxy) is 3. The highest BCUT2D eigenvalue weighted by Crippen LogP contribution is 2.41. The molecule has 11 heteroatoms. The molecule has 1 aromatic heterocycles. The van der Waals surface area contributed by atoms with E-state index < -0.39 is 34.9 Å². The second-order valence-corrected chi connectivity index (χ2v) is 10.2. The number of rotatable bonds is 6. The van der Waals surface area contributed by atoms with Crippen molar-refractivity contribution in [1.82, 2.24) is 0 Å². The lowest BCUT2D eigenvalue weighted by atomic mass is 10.1. The topological polar surface area (TPSA) is 79.4 Å². The molecule has 0 unspecified atom stereocenters. The largest absolute Gasteiger partial charge is 0.453 e. The first-order valence-electron chi connectivity index (χ1n) is 13.3. The second-order valence-electron chi connectivity index (χ2n) is 10.2. The van der Waals surface area contributed by atoms with Gasteiger partial charge in [0.1, 0.15) is 37.0 Å². The van der Waals surface area contributed by atoms with Gasteiger partial charge in [-0.25, -0.2) is 9.18 Å². The summed E-state index contributed by atoms with van der Waals surface area (Å²) in [6.07, 6.45) is -5.08. The first-order chi connectivity index (χ1) is 19.9. The summed E-state index contributed by atoms with van der Waals surface area (Å²) in [5.74, 6) is -3.96. The zero-order chi connectivity index (χ0) is 30.2. The maximum Gasteiger partial charge on any atom is 0.453 e. The third-order valence-electron chi connectivity index (χ3n) is 7.22. The SMILES string of the molecule is Cc1cc(C)c(C)c(Oc2c(C(F)(F)F)oc3c(C[NH+]4CCOCC4)c(OC(=O)c4ccc(F)cc4)ccc3c2=O)c1. The molecule has 0 bridgehead atoms. The number of quaternary nitrogens is 1. The lowest BCUT2D eigenvalue weighted by molar-refractivity contribution is -0.921. The fraction of sp³-hybridized carbons (Fsp3) is 0.290. The number of fused-ring (bicyclic) bond motifs is 1. The number of morpholine rings is 1. The molecule has 4 aromatic rings. The Kier molecular flexibility index (Phi) is 8.07. The van der Waals surface area contributed by atoms with Gasteiger partial charge in [-0.3, -0.25) is 4.79 Å². The Labute approximate surface area is 238 Å². The van der Waals surface area contributed by atoms with Gasteiger partial charge in [0.25, 0.3) is 5.76 Å². The smallest absolute Gasteiger partial charge is 0.449 e. The number of esters is 1. The highest BCUT2D eigenvalue weighted by Gasteiger charge is 2.41. The summed E-state index contributed by atoms with van der Waals surface area (Å²) < 4.78 is 78.8. The van der Waals surface area contributed by atoms with Crippen molar-refractivity contribution in [3.8, 4) is 17.2 Å².